The van der Waals surface area contributed by atoms with E-state index in [0.717, 1.165) is 19.1 Å². The van der Waals surface area contributed by atoms with Gasteiger partial charge >= 0.3 is 0 Å². The van der Waals surface area contributed by atoms with E-state index in [4.69, 9.17) is 0 Å². The van der Waals surface area contributed by atoms with Gasteiger partial charge in [0.25, 0.3) is 0 Å². The number of fused-ring (bicyclic) bond motifs is 1. The first-order valence-corrected chi connectivity index (χ1v) is 7.87. The SMILES string of the molecule is CN(C1CCCCCC1)C1CNCc2ccccc21. The van der Waals surface area contributed by atoms with Gasteiger partial charge in [0.2, 0.25) is 0 Å². The summed E-state index contributed by atoms with van der Waals surface area (Å²) in [5.74, 6) is 0. The molecule has 1 atom stereocenters. The highest BCUT2D eigenvalue weighted by Crippen LogP contribution is 2.31. The fraction of sp³-hybridized carbons (Fsp3) is 0.647. The topological polar surface area (TPSA) is 15.3 Å². The first-order valence-electron chi connectivity index (χ1n) is 7.87. The van der Waals surface area contributed by atoms with Gasteiger partial charge < -0.3 is 5.32 Å². The third-order valence-electron chi connectivity index (χ3n) is 4.96. The molecule has 1 aliphatic carbocycles. The predicted molar refractivity (Wildman–Crippen MR) is 80.1 cm³/mol. The number of rotatable bonds is 2. The van der Waals surface area contributed by atoms with Crippen molar-refractivity contribution < 1.29 is 0 Å². The molecule has 2 heteroatoms. The van der Waals surface area contributed by atoms with Crippen molar-refractivity contribution in [2.75, 3.05) is 13.6 Å². The molecular weight excluding hydrogens is 232 g/mol. The Morgan fingerprint density at radius 2 is 1.79 bits per heavy atom. The van der Waals surface area contributed by atoms with Crippen molar-refractivity contribution in [2.24, 2.45) is 0 Å². The molecule has 1 N–H and O–H groups in total. The largest absolute Gasteiger partial charge is 0.311 e. The van der Waals surface area contributed by atoms with E-state index in [-0.39, 0.29) is 0 Å². The Hall–Kier alpha value is -0.860. The van der Waals surface area contributed by atoms with Crippen LogP contribution in [0.3, 0.4) is 0 Å². The van der Waals surface area contributed by atoms with E-state index < -0.39 is 0 Å². The highest BCUT2D eigenvalue weighted by Gasteiger charge is 2.28. The van der Waals surface area contributed by atoms with Gasteiger partial charge in [-0.15, -0.1) is 0 Å². The summed E-state index contributed by atoms with van der Waals surface area (Å²) in [6, 6.07) is 10.3. The lowest BCUT2D eigenvalue weighted by molar-refractivity contribution is 0.148. The van der Waals surface area contributed by atoms with Crippen LogP contribution in [0.25, 0.3) is 0 Å². The molecule has 1 aromatic rings. The van der Waals surface area contributed by atoms with Gasteiger partial charge in [0.1, 0.15) is 0 Å². The number of hydrogen-bond donors (Lipinski definition) is 1. The van der Waals surface area contributed by atoms with Gasteiger partial charge in [0.15, 0.2) is 0 Å². The molecule has 0 aromatic heterocycles. The molecular formula is C17H26N2. The fourth-order valence-electron chi connectivity index (χ4n) is 3.76. The Labute approximate surface area is 117 Å². The molecule has 2 aliphatic rings. The van der Waals surface area contributed by atoms with Gasteiger partial charge in [-0.2, -0.15) is 0 Å². The standard InChI is InChI=1S/C17H26N2/c1-19(15-9-4-2-3-5-10-15)17-13-18-12-14-8-6-7-11-16(14)17/h6-8,11,15,17-18H,2-5,9-10,12-13H2,1H3. The van der Waals surface area contributed by atoms with Crippen molar-refractivity contribution >= 4 is 0 Å². The minimum Gasteiger partial charge on any atom is -0.311 e. The normalized spacial score (nSPS) is 25.1. The van der Waals surface area contributed by atoms with Crippen LogP contribution in [-0.2, 0) is 6.54 Å². The van der Waals surface area contributed by atoms with E-state index in [9.17, 15) is 0 Å². The molecule has 1 saturated carbocycles. The number of hydrogen-bond acceptors (Lipinski definition) is 2. The fourth-order valence-corrected chi connectivity index (χ4v) is 3.76. The second kappa shape index (κ2) is 6.06. The highest BCUT2D eigenvalue weighted by molar-refractivity contribution is 5.32. The van der Waals surface area contributed by atoms with E-state index in [1.807, 2.05) is 0 Å². The average Bonchev–Trinajstić information content (AvgIpc) is 2.75. The minimum absolute atomic E-state index is 0.563. The lowest BCUT2D eigenvalue weighted by Gasteiger charge is -2.38. The Morgan fingerprint density at radius 1 is 1.05 bits per heavy atom. The molecule has 1 heterocycles. The van der Waals surface area contributed by atoms with Crippen LogP contribution in [0.4, 0.5) is 0 Å². The Morgan fingerprint density at radius 3 is 2.58 bits per heavy atom. The number of nitrogens with zero attached hydrogens (tertiary/aromatic N) is 1. The van der Waals surface area contributed by atoms with Gasteiger partial charge in [-0.3, -0.25) is 4.90 Å². The summed E-state index contributed by atoms with van der Waals surface area (Å²) in [7, 11) is 2.34. The van der Waals surface area contributed by atoms with Crippen LogP contribution in [0.15, 0.2) is 24.3 Å². The second-order valence-corrected chi connectivity index (χ2v) is 6.16. The maximum absolute atomic E-state index is 3.58. The Bertz CT molecular complexity index is 407. The zero-order valence-corrected chi connectivity index (χ0v) is 12.1. The van der Waals surface area contributed by atoms with E-state index in [0.29, 0.717) is 6.04 Å². The molecule has 0 saturated heterocycles. The van der Waals surface area contributed by atoms with Crippen LogP contribution >= 0.6 is 0 Å². The highest BCUT2D eigenvalue weighted by atomic mass is 15.2. The lowest BCUT2D eigenvalue weighted by atomic mass is 9.93. The first kappa shape index (κ1) is 13.1. The quantitative estimate of drug-likeness (QED) is 0.817. The van der Waals surface area contributed by atoms with Gasteiger partial charge in [0.05, 0.1) is 0 Å². The van der Waals surface area contributed by atoms with Crippen LogP contribution in [0.1, 0.15) is 55.7 Å². The molecule has 3 rings (SSSR count). The molecule has 2 nitrogen and oxygen atoms in total. The zero-order valence-electron chi connectivity index (χ0n) is 12.1. The molecule has 104 valence electrons. The summed E-state index contributed by atoms with van der Waals surface area (Å²) in [6.45, 7) is 2.13. The van der Waals surface area contributed by atoms with Gasteiger partial charge in [0, 0.05) is 25.2 Å². The summed E-state index contributed by atoms with van der Waals surface area (Å²) < 4.78 is 0. The van der Waals surface area contributed by atoms with Crippen LogP contribution < -0.4 is 5.32 Å². The molecule has 0 radical (unpaired) electrons. The van der Waals surface area contributed by atoms with Crippen LogP contribution in [0, 0.1) is 0 Å². The first-order chi connectivity index (χ1) is 9.36. The third kappa shape index (κ3) is 2.85. The van der Waals surface area contributed by atoms with Crippen molar-refractivity contribution in [3.8, 4) is 0 Å². The smallest absolute Gasteiger partial charge is 0.0475 e. The lowest BCUT2D eigenvalue weighted by Crippen LogP contribution is -2.42. The number of nitrogens with one attached hydrogen (secondary N) is 1. The van der Waals surface area contributed by atoms with Crippen LogP contribution in [-0.4, -0.2) is 24.5 Å². The van der Waals surface area contributed by atoms with Crippen molar-refractivity contribution in [3.63, 3.8) is 0 Å². The molecule has 0 spiro atoms. The summed E-state index contributed by atoms with van der Waals surface area (Å²) >= 11 is 0. The van der Waals surface area contributed by atoms with Crippen molar-refractivity contribution in [2.45, 2.75) is 57.2 Å². The average molecular weight is 258 g/mol. The molecule has 0 amide bonds. The molecule has 1 aliphatic heterocycles. The molecule has 1 fully saturated rings. The van der Waals surface area contributed by atoms with Crippen LogP contribution in [0.2, 0.25) is 0 Å². The second-order valence-electron chi connectivity index (χ2n) is 6.16. The van der Waals surface area contributed by atoms with E-state index in [1.165, 1.54) is 44.1 Å². The molecule has 1 aromatic carbocycles. The van der Waals surface area contributed by atoms with Gasteiger partial charge in [-0.1, -0.05) is 49.9 Å². The maximum atomic E-state index is 3.58. The van der Waals surface area contributed by atoms with Gasteiger partial charge in [-0.05, 0) is 31.0 Å². The van der Waals surface area contributed by atoms with Crippen molar-refractivity contribution in [3.05, 3.63) is 35.4 Å². The van der Waals surface area contributed by atoms with Crippen molar-refractivity contribution in [1.29, 1.82) is 0 Å². The summed E-state index contributed by atoms with van der Waals surface area (Å²) in [5.41, 5.74) is 3.03. The van der Waals surface area contributed by atoms with E-state index in [1.54, 1.807) is 5.56 Å². The summed E-state index contributed by atoms with van der Waals surface area (Å²) in [6.07, 6.45) is 8.46. The third-order valence-corrected chi connectivity index (χ3v) is 4.96. The zero-order chi connectivity index (χ0) is 13.1. The monoisotopic (exact) mass is 258 g/mol. The maximum Gasteiger partial charge on any atom is 0.0475 e. The van der Waals surface area contributed by atoms with E-state index in [2.05, 4.69) is 41.5 Å². The van der Waals surface area contributed by atoms with Crippen LogP contribution in [0.5, 0.6) is 0 Å². The molecule has 19 heavy (non-hydrogen) atoms. The number of benzene rings is 1. The Kier molecular flexibility index (Phi) is 4.19. The predicted octanol–water partition coefficient (Wildman–Crippen LogP) is 3.49. The summed E-state index contributed by atoms with van der Waals surface area (Å²) in [5, 5.41) is 3.58. The molecule has 0 bridgehead atoms. The number of likely N-dealkylation sites (N-methyl/N-ethyl adjacent to an activating group) is 1. The minimum atomic E-state index is 0.563. The molecule has 1 unspecified atom stereocenters. The van der Waals surface area contributed by atoms with E-state index >= 15 is 0 Å². The summed E-state index contributed by atoms with van der Waals surface area (Å²) in [4.78, 5) is 2.65. The van der Waals surface area contributed by atoms with Gasteiger partial charge in [-0.25, -0.2) is 0 Å². The Balaban J connectivity index is 1.78. The van der Waals surface area contributed by atoms with Crippen molar-refractivity contribution in [1.82, 2.24) is 10.2 Å².